The van der Waals surface area contributed by atoms with Crippen LogP contribution in [-0.4, -0.2) is 0 Å². The van der Waals surface area contributed by atoms with Crippen molar-refractivity contribution in [3.63, 3.8) is 0 Å². The van der Waals surface area contributed by atoms with Crippen LogP contribution >= 0.6 is 0 Å². The summed E-state index contributed by atoms with van der Waals surface area (Å²) >= 11 is 0. The molecule has 0 N–H and O–H groups in total. The number of aryl methyl sites for hydroxylation is 2. The molecule has 0 radical (unpaired) electrons. The van der Waals surface area contributed by atoms with E-state index in [0.717, 1.165) is 0 Å². The van der Waals surface area contributed by atoms with E-state index < -0.39 is 0 Å². The standard InChI is InChI=1S/C18H24/c1-12(2)10-16-7-8-17-11-13(3)6-9-18(17)15(5)14(16)4/h6,9-11,15H,7-8H2,1-5H3. The molecule has 0 spiro atoms. The number of fused-ring (bicyclic) bond motifs is 1. The van der Waals surface area contributed by atoms with E-state index in [2.05, 4.69) is 58.9 Å². The van der Waals surface area contributed by atoms with Crippen molar-refractivity contribution < 1.29 is 0 Å². The summed E-state index contributed by atoms with van der Waals surface area (Å²) < 4.78 is 0. The van der Waals surface area contributed by atoms with E-state index in [0.29, 0.717) is 5.92 Å². The van der Waals surface area contributed by atoms with E-state index in [1.807, 2.05) is 0 Å². The number of rotatable bonds is 1. The van der Waals surface area contributed by atoms with Crippen LogP contribution in [0.4, 0.5) is 0 Å². The van der Waals surface area contributed by atoms with Crippen LogP contribution in [0.1, 0.15) is 56.7 Å². The summed E-state index contributed by atoms with van der Waals surface area (Å²) in [4.78, 5) is 0. The van der Waals surface area contributed by atoms with Crippen LogP contribution in [0, 0.1) is 6.92 Å². The zero-order valence-corrected chi connectivity index (χ0v) is 12.3. The molecule has 0 fully saturated rings. The molecule has 0 saturated carbocycles. The van der Waals surface area contributed by atoms with Crippen molar-refractivity contribution in [1.82, 2.24) is 0 Å². The molecule has 0 heterocycles. The number of hydrogen-bond acceptors (Lipinski definition) is 0. The molecule has 1 unspecified atom stereocenters. The largest absolute Gasteiger partial charge is 0.0762 e. The highest BCUT2D eigenvalue weighted by Gasteiger charge is 2.18. The van der Waals surface area contributed by atoms with Crippen LogP contribution in [0.5, 0.6) is 0 Å². The van der Waals surface area contributed by atoms with Gasteiger partial charge in [-0.2, -0.15) is 0 Å². The van der Waals surface area contributed by atoms with E-state index >= 15 is 0 Å². The van der Waals surface area contributed by atoms with E-state index in [9.17, 15) is 0 Å². The molecule has 18 heavy (non-hydrogen) atoms. The smallest absolute Gasteiger partial charge is 0.00256 e. The Labute approximate surface area is 111 Å². The lowest BCUT2D eigenvalue weighted by atomic mass is 9.89. The zero-order valence-electron chi connectivity index (χ0n) is 12.3. The first-order valence-corrected chi connectivity index (χ1v) is 6.93. The van der Waals surface area contributed by atoms with Gasteiger partial charge in [-0.05, 0) is 57.2 Å². The van der Waals surface area contributed by atoms with Gasteiger partial charge in [0.25, 0.3) is 0 Å². The second kappa shape index (κ2) is 5.14. The van der Waals surface area contributed by atoms with Crippen molar-refractivity contribution in [2.75, 3.05) is 0 Å². The lowest BCUT2D eigenvalue weighted by Crippen LogP contribution is -1.98. The SMILES string of the molecule is CC(C)=CC1=C(C)C(C)c2ccc(C)cc2CC1. The maximum atomic E-state index is 2.37. The second-order valence-electron chi connectivity index (χ2n) is 5.85. The molecule has 1 atom stereocenters. The number of benzene rings is 1. The fraction of sp³-hybridized carbons (Fsp3) is 0.444. The summed E-state index contributed by atoms with van der Waals surface area (Å²) in [6.07, 6.45) is 4.72. The molecule has 1 aromatic carbocycles. The lowest BCUT2D eigenvalue weighted by Gasteiger charge is -2.16. The van der Waals surface area contributed by atoms with Crippen LogP contribution in [0.15, 0.2) is 41.0 Å². The van der Waals surface area contributed by atoms with E-state index in [1.165, 1.54) is 35.1 Å². The molecule has 0 aromatic heterocycles. The van der Waals surface area contributed by atoms with E-state index in [4.69, 9.17) is 0 Å². The fourth-order valence-electron chi connectivity index (χ4n) is 2.89. The van der Waals surface area contributed by atoms with Gasteiger partial charge in [0.2, 0.25) is 0 Å². The molecule has 0 heteroatoms. The van der Waals surface area contributed by atoms with Gasteiger partial charge < -0.3 is 0 Å². The summed E-state index contributed by atoms with van der Waals surface area (Å²) in [6.45, 7) is 11.2. The highest BCUT2D eigenvalue weighted by Crippen LogP contribution is 2.35. The van der Waals surface area contributed by atoms with Crippen LogP contribution in [0.25, 0.3) is 0 Å². The maximum absolute atomic E-state index is 2.37. The van der Waals surface area contributed by atoms with Gasteiger partial charge in [0, 0.05) is 5.92 Å². The summed E-state index contributed by atoms with van der Waals surface area (Å²) in [6, 6.07) is 6.93. The van der Waals surface area contributed by atoms with Gasteiger partial charge in [0.1, 0.15) is 0 Å². The summed E-state index contributed by atoms with van der Waals surface area (Å²) in [5.41, 5.74) is 8.92. The molecule has 0 nitrogen and oxygen atoms in total. The highest BCUT2D eigenvalue weighted by molar-refractivity contribution is 5.44. The zero-order chi connectivity index (χ0) is 13.3. The van der Waals surface area contributed by atoms with Crippen LogP contribution in [-0.2, 0) is 6.42 Å². The summed E-state index contributed by atoms with van der Waals surface area (Å²) in [5, 5.41) is 0. The average molecular weight is 240 g/mol. The molecular formula is C18H24. The summed E-state index contributed by atoms with van der Waals surface area (Å²) in [5.74, 6) is 0.550. The Morgan fingerprint density at radius 2 is 1.89 bits per heavy atom. The highest BCUT2D eigenvalue weighted by atomic mass is 14.2. The quantitative estimate of drug-likeness (QED) is 0.622. The molecule has 0 saturated heterocycles. The first-order chi connectivity index (χ1) is 8.49. The first-order valence-electron chi connectivity index (χ1n) is 6.93. The minimum absolute atomic E-state index is 0.550. The minimum Gasteiger partial charge on any atom is -0.0762 e. The van der Waals surface area contributed by atoms with Crippen LogP contribution in [0.3, 0.4) is 0 Å². The Morgan fingerprint density at radius 1 is 1.17 bits per heavy atom. The van der Waals surface area contributed by atoms with Gasteiger partial charge in [-0.1, -0.05) is 47.9 Å². The molecule has 96 valence electrons. The Morgan fingerprint density at radius 3 is 2.56 bits per heavy atom. The van der Waals surface area contributed by atoms with Gasteiger partial charge in [0.15, 0.2) is 0 Å². The number of hydrogen-bond donors (Lipinski definition) is 0. The Hall–Kier alpha value is -1.30. The van der Waals surface area contributed by atoms with E-state index in [-0.39, 0.29) is 0 Å². The predicted octanol–water partition coefficient (Wildman–Crippen LogP) is 5.33. The van der Waals surface area contributed by atoms with E-state index in [1.54, 1.807) is 11.1 Å². The predicted molar refractivity (Wildman–Crippen MR) is 80.0 cm³/mol. The van der Waals surface area contributed by atoms with Gasteiger partial charge in [-0.15, -0.1) is 0 Å². The number of allylic oxidation sites excluding steroid dienone is 4. The molecule has 1 aliphatic carbocycles. The van der Waals surface area contributed by atoms with Crippen molar-refractivity contribution in [2.45, 2.75) is 53.4 Å². The topological polar surface area (TPSA) is 0 Å². The van der Waals surface area contributed by atoms with Crippen molar-refractivity contribution in [3.8, 4) is 0 Å². The Kier molecular flexibility index (Phi) is 3.75. The van der Waals surface area contributed by atoms with Crippen molar-refractivity contribution in [1.29, 1.82) is 0 Å². The molecule has 0 bridgehead atoms. The van der Waals surface area contributed by atoms with Crippen LogP contribution < -0.4 is 0 Å². The molecule has 0 aliphatic heterocycles. The van der Waals surface area contributed by atoms with Crippen molar-refractivity contribution >= 4 is 0 Å². The minimum atomic E-state index is 0.550. The molecule has 1 aliphatic rings. The monoisotopic (exact) mass is 240 g/mol. The third-order valence-electron chi connectivity index (χ3n) is 4.05. The van der Waals surface area contributed by atoms with Crippen LogP contribution in [0.2, 0.25) is 0 Å². The third kappa shape index (κ3) is 2.58. The Bertz CT molecular complexity index is 511. The van der Waals surface area contributed by atoms with Gasteiger partial charge in [-0.25, -0.2) is 0 Å². The second-order valence-corrected chi connectivity index (χ2v) is 5.85. The van der Waals surface area contributed by atoms with Crippen molar-refractivity contribution in [3.05, 3.63) is 57.7 Å². The van der Waals surface area contributed by atoms with Crippen molar-refractivity contribution in [2.24, 2.45) is 0 Å². The van der Waals surface area contributed by atoms with Gasteiger partial charge in [-0.3, -0.25) is 0 Å². The normalized spacial score (nSPS) is 19.3. The lowest BCUT2D eigenvalue weighted by molar-refractivity contribution is 0.881. The molecule has 2 rings (SSSR count). The average Bonchev–Trinajstić information content (AvgIpc) is 2.41. The fourth-order valence-corrected chi connectivity index (χ4v) is 2.89. The molecule has 0 amide bonds. The molecular weight excluding hydrogens is 216 g/mol. The van der Waals surface area contributed by atoms with Gasteiger partial charge >= 0.3 is 0 Å². The Balaban J connectivity index is 2.46. The third-order valence-corrected chi connectivity index (χ3v) is 4.05. The van der Waals surface area contributed by atoms with Gasteiger partial charge in [0.05, 0.1) is 0 Å². The summed E-state index contributed by atoms with van der Waals surface area (Å²) in [7, 11) is 0. The molecule has 1 aromatic rings. The maximum Gasteiger partial charge on any atom is 0.00256 e. The first kappa shape index (κ1) is 13.1.